The van der Waals surface area contributed by atoms with Crippen molar-refractivity contribution < 1.29 is 9.53 Å². The number of amides is 1. The van der Waals surface area contributed by atoms with Crippen LogP contribution in [-0.2, 0) is 17.7 Å². The first-order valence-electron chi connectivity index (χ1n) is 6.47. The smallest absolute Gasteiger partial charge is 0.295 e. The van der Waals surface area contributed by atoms with E-state index in [9.17, 15) is 4.79 Å². The van der Waals surface area contributed by atoms with Gasteiger partial charge in [0.15, 0.2) is 0 Å². The van der Waals surface area contributed by atoms with Gasteiger partial charge in [-0.05, 0) is 6.42 Å². The summed E-state index contributed by atoms with van der Waals surface area (Å²) in [6.07, 6.45) is 5.03. The lowest BCUT2D eigenvalue weighted by atomic mass is 10.3. The summed E-state index contributed by atoms with van der Waals surface area (Å²) in [5.41, 5.74) is 0.605. The Morgan fingerprint density at radius 1 is 1.55 bits per heavy atom. The fraction of sp³-hybridized carbons (Fsp3) is 0.500. The summed E-state index contributed by atoms with van der Waals surface area (Å²) in [6, 6.07) is 0. The molecule has 0 spiro atoms. The summed E-state index contributed by atoms with van der Waals surface area (Å²) < 4.78 is 6.65. The molecule has 8 nitrogen and oxygen atoms in total. The Hall–Kier alpha value is -2.22. The number of aromatic nitrogens is 5. The van der Waals surface area contributed by atoms with Crippen molar-refractivity contribution in [2.24, 2.45) is 0 Å². The molecule has 2 aromatic rings. The van der Waals surface area contributed by atoms with E-state index in [2.05, 4.69) is 25.6 Å². The number of aromatic amines is 1. The molecule has 0 fully saturated rings. The van der Waals surface area contributed by atoms with Crippen LogP contribution < -0.4 is 5.32 Å². The highest BCUT2D eigenvalue weighted by Crippen LogP contribution is 2.06. The Balaban J connectivity index is 1.94. The molecule has 0 radical (unpaired) electrons. The van der Waals surface area contributed by atoms with Crippen molar-refractivity contribution in [3.8, 4) is 0 Å². The van der Waals surface area contributed by atoms with Crippen molar-refractivity contribution in [1.82, 2.24) is 25.0 Å². The molecule has 2 N–H and O–H groups in total. The largest absolute Gasteiger partial charge is 0.383 e. The molecule has 0 bridgehead atoms. The third kappa shape index (κ3) is 3.64. The highest BCUT2D eigenvalue weighted by molar-refractivity contribution is 6.01. The number of aryl methyl sites for hydroxylation is 1. The highest BCUT2D eigenvalue weighted by Gasteiger charge is 2.13. The Morgan fingerprint density at radius 2 is 2.40 bits per heavy atom. The second-order valence-electron chi connectivity index (χ2n) is 4.29. The van der Waals surface area contributed by atoms with E-state index in [-0.39, 0.29) is 11.7 Å². The number of methoxy groups -OCH3 is 1. The SMILES string of the molecule is CCCc1nc(C(=O)Nc2cnn(CCOC)c2)n[nH]1. The van der Waals surface area contributed by atoms with Gasteiger partial charge in [-0.2, -0.15) is 5.10 Å². The van der Waals surface area contributed by atoms with E-state index in [1.54, 1.807) is 24.2 Å². The average Bonchev–Trinajstić information content (AvgIpc) is 3.06. The normalized spacial score (nSPS) is 10.7. The number of carbonyl (C=O) groups excluding carboxylic acids is 1. The molecule has 0 unspecified atom stereocenters. The van der Waals surface area contributed by atoms with Crippen LogP contribution >= 0.6 is 0 Å². The lowest BCUT2D eigenvalue weighted by Gasteiger charge is -1.99. The molecule has 0 aromatic carbocycles. The minimum Gasteiger partial charge on any atom is -0.383 e. The molecule has 0 atom stereocenters. The molecule has 2 heterocycles. The number of nitrogens with zero attached hydrogens (tertiary/aromatic N) is 4. The summed E-state index contributed by atoms with van der Waals surface area (Å²) in [4.78, 5) is 16.1. The maximum absolute atomic E-state index is 11.9. The fourth-order valence-corrected chi connectivity index (χ4v) is 1.67. The number of hydrogen-bond acceptors (Lipinski definition) is 5. The molecule has 20 heavy (non-hydrogen) atoms. The van der Waals surface area contributed by atoms with Crippen molar-refractivity contribution >= 4 is 11.6 Å². The topological polar surface area (TPSA) is 97.7 Å². The second kappa shape index (κ2) is 6.80. The summed E-state index contributed by atoms with van der Waals surface area (Å²) in [6.45, 7) is 3.24. The summed E-state index contributed by atoms with van der Waals surface area (Å²) in [7, 11) is 1.63. The molecule has 0 saturated heterocycles. The van der Waals surface area contributed by atoms with Crippen LogP contribution in [0.5, 0.6) is 0 Å². The molecule has 0 aliphatic heterocycles. The van der Waals surface area contributed by atoms with Gasteiger partial charge in [0.25, 0.3) is 5.91 Å². The quantitative estimate of drug-likeness (QED) is 0.782. The minimum absolute atomic E-state index is 0.137. The predicted molar refractivity (Wildman–Crippen MR) is 72.4 cm³/mol. The monoisotopic (exact) mass is 278 g/mol. The molecule has 2 aromatic heterocycles. The van der Waals surface area contributed by atoms with E-state index in [1.807, 2.05) is 6.92 Å². The molecule has 0 aliphatic rings. The van der Waals surface area contributed by atoms with Gasteiger partial charge in [0.05, 0.1) is 25.0 Å². The highest BCUT2D eigenvalue weighted by atomic mass is 16.5. The van der Waals surface area contributed by atoms with Crippen LogP contribution in [0.25, 0.3) is 0 Å². The van der Waals surface area contributed by atoms with E-state index in [0.29, 0.717) is 24.7 Å². The third-order valence-electron chi connectivity index (χ3n) is 2.64. The van der Waals surface area contributed by atoms with E-state index >= 15 is 0 Å². The van der Waals surface area contributed by atoms with Gasteiger partial charge in [0, 0.05) is 19.7 Å². The summed E-state index contributed by atoms with van der Waals surface area (Å²) >= 11 is 0. The predicted octanol–water partition coefficient (Wildman–Crippen LogP) is 0.852. The zero-order valence-corrected chi connectivity index (χ0v) is 11.6. The van der Waals surface area contributed by atoms with Gasteiger partial charge >= 0.3 is 0 Å². The lowest BCUT2D eigenvalue weighted by Crippen LogP contribution is -2.13. The van der Waals surface area contributed by atoms with Crippen molar-refractivity contribution in [2.75, 3.05) is 19.0 Å². The van der Waals surface area contributed by atoms with Gasteiger partial charge in [0.1, 0.15) is 5.82 Å². The zero-order valence-electron chi connectivity index (χ0n) is 11.6. The number of rotatable bonds is 7. The fourth-order valence-electron chi connectivity index (χ4n) is 1.67. The molecule has 8 heteroatoms. The van der Waals surface area contributed by atoms with E-state index < -0.39 is 0 Å². The van der Waals surface area contributed by atoms with Gasteiger partial charge in [-0.25, -0.2) is 4.98 Å². The lowest BCUT2D eigenvalue weighted by molar-refractivity contribution is 0.101. The van der Waals surface area contributed by atoms with Crippen LogP contribution in [0.15, 0.2) is 12.4 Å². The molecule has 0 saturated carbocycles. The van der Waals surface area contributed by atoms with E-state index in [4.69, 9.17) is 4.74 Å². The second-order valence-corrected chi connectivity index (χ2v) is 4.29. The van der Waals surface area contributed by atoms with Crippen molar-refractivity contribution in [1.29, 1.82) is 0 Å². The van der Waals surface area contributed by atoms with Crippen LogP contribution in [-0.4, -0.2) is 44.6 Å². The zero-order chi connectivity index (χ0) is 14.4. The molecule has 108 valence electrons. The first-order valence-corrected chi connectivity index (χ1v) is 6.47. The van der Waals surface area contributed by atoms with Crippen molar-refractivity contribution in [3.05, 3.63) is 24.0 Å². The number of anilines is 1. The summed E-state index contributed by atoms with van der Waals surface area (Å²) in [5, 5.41) is 13.4. The van der Waals surface area contributed by atoms with Crippen LogP contribution in [0, 0.1) is 0 Å². The number of carbonyl (C=O) groups is 1. The number of hydrogen-bond donors (Lipinski definition) is 2. The standard InChI is InChI=1S/C12H18N6O2/c1-3-4-10-15-11(17-16-10)12(19)14-9-7-13-18(8-9)5-6-20-2/h7-8H,3-6H2,1-2H3,(H,14,19)(H,15,16,17). The van der Waals surface area contributed by atoms with Crippen LogP contribution in [0.3, 0.4) is 0 Å². The van der Waals surface area contributed by atoms with E-state index in [1.165, 1.54) is 0 Å². The molecule has 0 aliphatic carbocycles. The molecule has 2 rings (SSSR count). The maximum Gasteiger partial charge on any atom is 0.295 e. The molecule has 1 amide bonds. The Labute approximate surface area is 116 Å². The van der Waals surface area contributed by atoms with Gasteiger partial charge in [-0.15, -0.1) is 5.10 Å². The molecular formula is C12H18N6O2. The Bertz CT molecular complexity index is 562. The number of ether oxygens (including phenoxy) is 1. The van der Waals surface area contributed by atoms with E-state index in [0.717, 1.165) is 12.8 Å². The first kappa shape index (κ1) is 14.2. The third-order valence-corrected chi connectivity index (χ3v) is 2.64. The first-order chi connectivity index (χ1) is 9.72. The van der Waals surface area contributed by atoms with Crippen LogP contribution in [0.1, 0.15) is 29.8 Å². The number of H-pyrrole nitrogens is 1. The van der Waals surface area contributed by atoms with Gasteiger partial charge in [-0.1, -0.05) is 6.92 Å². The van der Waals surface area contributed by atoms with Crippen molar-refractivity contribution in [3.63, 3.8) is 0 Å². The van der Waals surface area contributed by atoms with Gasteiger partial charge in [0.2, 0.25) is 5.82 Å². The van der Waals surface area contributed by atoms with Crippen LogP contribution in [0.4, 0.5) is 5.69 Å². The minimum atomic E-state index is -0.352. The Morgan fingerprint density at radius 3 is 3.15 bits per heavy atom. The summed E-state index contributed by atoms with van der Waals surface area (Å²) in [5.74, 6) is 0.501. The van der Waals surface area contributed by atoms with Crippen LogP contribution in [0.2, 0.25) is 0 Å². The maximum atomic E-state index is 11.9. The molecular weight excluding hydrogens is 260 g/mol. The van der Waals surface area contributed by atoms with Crippen molar-refractivity contribution in [2.45, 2.75) is 26.3 Å². The van der Waals surface area contributed by atoms with Gasteiger partial charge < -0.3 is 10.1 Å². The average molecular weight is 278 g/mol. The number of nitrogens with one attached hydrogen (secondary N) is 2. The Kier molecular flexibility index (Phi) is 4.83. The van der Waals surface area contributed by atoms with Gasteiger partial charge in [-0.3, -0.25) is 14.6 Å².